The maximum Gasteiger partial charge on any atom is 0.262 e. The second-order valence-corrected chi connectivity index (χ2v) is 10.3. The van der Waals surface area contributed by atoms with Crippen LogP contribution in [0.25, 0.3) is 10.2 Å². The van der Waals surface area contributed by atoms with Crippen molar-refractivity contribution in [2.75, 3.05) is 26.7 Å². The first-order chi connectivity index (χ1) is 14.4. The molecule has 2 aromatic rings. The van der Waals surface area contributed by atoms with Gasteiger partial charge in [0.25, 0.3) is 5.56 Å². The Labute approximate surface area is 179 Å². The zero-order valence-corrected chi connectivity index (χ0v) is 18.4. The second kappa shape index (κ2) is 7.48. The van der Waals surface area contributed by atoms with E-state index in [1.165, 1.54) is 10.4 Å². The Kier molecular flexibility index (Phi) is 4.92. The summed E-state index contributed by atoms with van der Waals surface area (Å²) in [6.45, 7) is 4.04. The molecule has 0 radical (unpaired) electrons. The van der Waals surface area contributed by atoms with Crippen LogP contribution in [0.4, 0.5) is 0 Å². The molecular formula is C22H28N4O3S. The van der Waals surface area contributed by atoms with Crippen molar-refractivity contribution in [1.29, 1.82) is 0 Å². The van der Waals surface area contributed by atoms with Gasteiger partial charge in [-0.25, -0.2) is 4.98 Å². The average Bonchev–Trinajstić information content (AvgIpc) is 3.27. The normalized spacial score (nSPS) is 25.2. The summed E-state index contributed by atoms with van der Waals surface area (Å²) in [6.07, 6.45) is 6.68. The number of thiophene rings is 1. The van der Waals surface area contributed by atoms with Crippen LogP contribution in [0.2, 0.25) is 0 Å². The fourth-order valence-corrected chi connectivity index (χ4v) is 6.60. The number of aryl methyl sites for hydroxylation is 1. The van der Waals surface area contributed by atoms with Gasteiger partial charge >= 0.3 is 0 Å². The van der Waals surface area contributed by atoms with Crippen LogP contribution in [0.1, 0.15) is 49.1 Å². The molecule has 2 aromatic heterocycles. The van der Waals surface area contributed by atoms with Crippen molar-refractivity contribution in [3.63, 3.8) is 0 Å². The smallest absolute Gasteiger partial charge is 0.262 e. The third kappa shape index (κ3) is 3.25. The third-order valence-corrected chi connectivity index (χ3v) is 8.26. The predicted molar refractivity (Wildman–Crippen MR) is 116 cm³/mol. The lowest BCUT2D eigenvalue weighted by molar-refractivity contribution is -0.137. The topological polar surface area (TPSA) is 75.5 Å². The summed E-state index contributed by atoms with van der Waals surface area (Å²) in [7, 11) is 1.75. The van der Waals surface area contributed by atoms with Gasteiger partial charge < -0.3 is 9.80 Å². The van der Waals surface area contributed by atoms with Gasteiger partial charge in [0.2, 0.25) is 11.8 Å². The maximum atomic E-state index is 13.3. The summed E-state index contributed by atoms with van der Waals surface area (Å²) < 4.78 is 1.81. The molecule has 1 aliphatic carbocycles. The van der Waals surface area contributed by atoms with Crippen LogP contribution >= 0.6 is 11.3 Å². The van der Waals surface area contributed by atoms with Crippen LogP contribution in [0.3, 0.4) is 0 Å². The van der Waals surface area contributed by atoms with Crippen molar-refractivity contribution < 1.29 is 9.59 Å². The Morgan fingerprint density at radius 2 is 1.93 bits per heavy atom. The summed E-state index contributed by atoms with van der Waals surface area (Å²) in [5.41, 5.74) is 1.31. The minimum Gasteiger partial charge on any atom is -0.345 e. The molecule has 2 aliphatic heterocycles. The van der Waals surface area contributed by atoms with Crippen LogP contribution in [0, 0.1) is 11.8 Å². The molecule has 7 nitrogen and oxygen atoms in total. The summed E-state index contributed by atoms with van der Waals surface area (Å²) in [5.74, 6) is 0.569. The molecule has 0 bridgehead atoms. The second-order valence-electron chi connectivity index (χ2n) is 9.22. The SMILES string of the molecule is C[C@H]1CCc2c(sc3ncn(C4CCN(C(=O)[C@@H]5CC(=O)N(C)C5)CC4)c(=O)c23)C1. The van der Waals surface area contributed by atoms with E-state index in [1.807, 2.05) is 9.47 Å². The van der Waals surface area contributed by atoms with E-state index in [0.29, 0.717) is 32.0 Å². The Morgan fingerprint density at radius 3 is 2.63 bits per heavy atom. The van der Waals surface area contributed by atoms with E-state index in [4.69, 9.17) is 0 Å². The molecule has 2 saturated heterocycles. The van der Waals surface area contributed by atoms with Gasteiger partial charge in [0.05, 0.1) is 17.6 Å². The van der Waals surface area contributed by atoms with E-state index in [0.717, 1.165) is 42.3 Å². The molecule has 0 aromatic carbocycles. The average molecular weight is 429 g/mol. The third-order valence-electron chi connectivity index (χ3n) is 7.10. The Bertz CT molecular complexity index is 1070. The molecule has 160 valence electrons. The van der Waals surface area contributed by atoms with Crippen LogP contribution in [-0.4, -0.2) is 57.8 Å². The summed E-state index contributed by atoms with van der Waals surface area (Å²) in [6, 6.07) is 0.0735. The number of fused-ring (bicyclic) bond motifs is 3. The first-order valence-corrected chi connectivity index (χ1v) is 11.8. The number of aromatic nitrogens is 2. The molecule has 2 fully saturated rings. The van der Waals surface area contributed by atoms with Gasteiger partial charge in [0.15, 0.2) is 0 Å². The van der Waals surface area contributed by atoms with Crippen molar-refractivity contribution >= 4 is 33.4 Å². The van der Waals surface area contributed by atoms with Crippen molar-refractivity contribution in [2.45, 2.75) is 51.5 Å². The predicted octanol–water partition coefficient (Wildman–Crippen LogP) is 2.22. The number of hydrogen-bond acceptors (Lipinski definition) is 5. The van der Waals surface area contributed by atoms with E-state index in [-0.39, 0.29) is 29.3 Å². The lowest BCUT2D eigenvalue weighted by atomic mass is 9.89. The molecule has 3 aliphatic rings. The van der Waals surface area contributed by atoms with Crippen molar-refractivity contribution in [1.82, 2.24) is 19.4 Å². The molecule has 2 atom stereocenters. The summed E-state index contributed by atoms with van der Waals surface area (Å²) in [4.78, 5) is 48.3. The molecule has 8 heteroatoms. The number of piperidine rings is 1. The van der Waals surface area contributed by atoms with Gasteiger partial charge in [-0.05, 0) is 43.6 Å². The van der Waals surface area contributed by atoms with Gasteiger partial charge in [-0.2, -0.15) is 0 Å². The molecule has 5 rings (SSSR count). The number of carbonyl (C=O) groups excluding carboxylic acids is 2. The lowest BCUT2D eigenvalue weighted by Crippen LogP contribution is -2.43. The monoisotopic (exact) mass is 428 g/mol. The highest BCUT2D eigenvalue weighted by Crippen LogP contribution is 2.36. The van der Waals surface area contributed by atoms with Crippen molar-refractivity contribution in [3.05, 3.63) is 27.1 Å². The lowest BCUT2D eigenvalue weighted by Gasteiger charge is -2.34. The van der Waals surface area contributed by atoms with Gasteiger partial charge in [0.1, 0.15) is 4.83 Å². The highest BCUT2D eigenvalue weighted by atomic mass is 32.1. The highest BCUT2D eigenvalue weighted by Gasteiger charge is 2.36. The van der Waals surface area contributed by atoms with E-state index in [9.17, 15) is 14.4 Å². The zero-order valence-electron chi connectivity index (χ0n) is 17.6. The number of rotatable bonds is 2. The number of amides is 2. The van der Waals surface area contributed by atoms with E-state index in [2.05, 4.69) is 11.9 Å². The highest BCUT2D eigenvalue weighted by molar-refractivity contribution is 7.18. The molecular weight excluding hydrogens is 400 g/mol. The van der Waals surface area contributed by atoms with E-state index >= 15 is 0 Å². The summed E-state index contributed by atoms with van der Waals surface area (Å²) in [5, 5.41) is 0.829. The molecule has 0 saturated carbocycles. The maximum absolute atomic E-state index is 13.3. The van der Waals surface area contributed by atoms with Gasteiger partial charge in [-0.3, -0.25) is 19.0 Å². The van der Waals surface area contributed by atoms with Gasteiger partial charge in [-0.15, -0.1) is 11.3 Å². The minimum absolute atomic E-state index is 0.0441. The molecule has 4 heterocycles. The van der Waals surface area contributed by atoms with E-state index in [1.54, 1.807) is 29.6 Å². The molecule has 0 spiro atoms. The van der Waals surface area contributed by atoms with Crippen molar-refractivity contribution in [2.24, 2.45) is 11.8 Å². The van der Waals surface area contributed by atoms with Crippen LogP contribution in [0.5, 0.6) is 0 Å². The van der Waals surface area contributed by atoms with Crippen molar-refractivity contribution in [3.8, 4) is 0 Å². The zero-order chi connectivity index (χ0) is 21.0. The fraction of sp³-hybridized carbons (Fsp3) is 0.636. The van der Waals surface area contributed by atoms with Gasteiger partial charge in [0, 0.05) is 44.0 Å². The minimum atomic E-state index is -0.223. The number of likely N-dealkylation sites (tertiary alicyclic amines) is 2. The Balaban J connectivity index is 1.33. The number of hydrogen-bond donors (Lipinski definition) is 0. The van der Waals surface area contributed by atoms with Gasteiger partial charge in [-0.1, -0.05) is 6.92 Å². The Morgan fingerprint density at radius 1 is 1.17 bits per heavy atom. The van der Waals surface area contributed by atoms with E-state index < -0.39 is 0 Å². The molecule has 30 heavy (non-hydrogen) atoms. The van der Waals surface area contributed by atoms with Crippen LogP contribution in [-0.2, 0) is 22.4 Å². The number of carbonyl (C=O) groups is 2. The fourth-order valence-electron chi connectivity index (χ4n) is 5.26. The standard InChI is InChI=1S/C22H28N4O3S/c1-13-3-4-16-17(9-13)30-20-19(16)22(29)26(12-23-20)15-5-7-25(8-6-15)21(28)14-10-18(27)24(2)11-14/h12-15H,3-11H2,1-2H3/t13-,14+/m0/s1. The summed E-state index contributed by atoms with van der Waals surface area (Å²) >= 11 is 1.68. The largest absolute Gasteiger partial charge is 0.345 e. The molecule has 0 N–H and O–H groups in total. The first-order valence-electron chi connectivity index (χ1n) is 11.0. The van der Waals surface area contributed by atoms with Crippen LogP contribution in [0.15, 0.2) is 11.1 Å². The van der Waals surface area contributed by atoms with Crippen LogP contribution < -0.4 is 5.56 Å². The number of nitrogens with zero attached hydrogens (tertiary/aromatic N) is 4. The molecule has 0 unspecified atom stereocenters. The first kappa shape index (κ1) is 19.7. The Hall–Kier alpha value is -2.22. The molecule has 2 amide bonds. The quantitative estimate of drug-likeness (QED) is 0.735.